The van der Waals surface area contributed by atoms with E-state index >= 15 is 0 Å². The van der Waals surface area contributed by atoms with Crippen molar-refractivity contribution in [3.05, 3.63) is 64.4 Å². The molecule has 9 nitrogen and oxygen atoms in total. The number of hydrogen-bond donors (Lipinski definition) is 2. The summed E-state index contributed by atoms with van der Waals surface area (Å²) in [6.45, 7) is -0.0382. The lowest BCUT2D eigenvalue weighted by Crippen LogP contribution is -2.44. The van der Waals surface area contributed by atoms with Crippen molar-refractivity contribution in [2.75, 3.05) is 12.4 Å². The zero-order valence-electron chi connectivity index (χ0n) is 17.9. The Morgan fingerprint density at radius 1 is 1.00 bits per heavy atom. The fraction of sp³-hybridized carbons (Fsp3) is 0.273. The van der Waals surface area contributed by atoms with Crippen LogP contribution in [0.4, 0.5) is 0 Å². The number of carbonyl (C=O) groups is 2. The summed E-state index contributed by atoms with van der Waals surface area (Å²) in [5.41, 5.74) is 4.69. The minimum absolute atomic E-state index is 0.0501. The van der Waals surface area contributed by atoms with E-state index in [-0.39, 0.29) is 30.9 Å². The number of nitrogens with zero attached hydrogens (tertiary/aromatic N) is 3. The van der Waals surface area contributed by atoms with Gasteiger partial charge in [0.2, 0.25) is 5.91 Å². The summed E-state index contributed by atoms with van der Waals surface area (Å²) in [4.78, 5) is 24.1. The number of para-hydroxylation sites is 1. The molecule has 1 aromatic heterocycles. The molecule has 2 aromatic carbocycles. The largest absolute Gasteiger partial charge is 0.484 e. The number of hydrogen-bond acceptors (Lipinski definition) is 7. The van der Waals surface area contributed by atoms with Crippen LogP contribution in [0.3, 0.4) is 0 Å². The van der Waals surface area contributed by atoms with Crippen LogP contribution < -0.4 is 20.3 Å². The fourth-order valence-electron chi connectivity index (χ4n) is 2.93. The van der Waals surface area contributed by atoms with E-state index in [9.17, 15) is 9.59 Å². The first-order valence-electron chi connectivity index (χ1n) is 10.4. The van der Waals surface area contributed by atoms with Gasteiger partial charge in [-0.15, -0.1) is 10.2 Å². The van der Waals surface area contributed by atoms with Crippen molar-refractivity contribution < 1.29 is 19.1 Å². The number of thioether (sulfide) groups is 1. The summed E-state index contributed by atoms with van der Waals surface area (Å²) < 4.78 is 13.1. The molecule has 1 aliphatic carbocycles. The van der Waals surface area contributed by atoms with Gasteiger partial charge >= 0.3 is 0 Å². The molecule has 4 rings (SSSR count). The topological polar surface area (TPSA) is 107 Å². The van der Waals surface area contributed by atoms with Gasteiger partial charge in [-0.2, -0.15) is 0 Å². The molecule has 12 heteroatoms. The summed E-state index contributed by atoms with van der Waals surface area (Å²) in [6.07, 6.45) is 2.03. The molecule has 0 bridgehead atoms. The zero-order valence-corrected chi connectivity index (χ0v) is 20.2. The van der Waals surface area contributed by atoms with Gasteiger partial charge in [-0.25, -0.2) is 0 Å². The second kappa shape index (κ2) is 11.5. The van der Waals surface area contributed by atoms with E-state index in [0.717, 1.165) is 12.8 Å². The smallest absolute Gasteiger partial charge is 0.276 e. The van der Waals surface area contributed by atoms with Crippen molar-refractivity contribution >= 4 is 46.8 Å². The normalized spacial score (nSPS) is 12.8. The molecule has 3 aromatic rings. The summed E-state index contributed by atoms with van der Waals surface area (Å²) in [5, 5.41) is 10.2. The summed E-state index contributed by atoms with van der Waals surface area (Å²) in [7, 11) is 0. The standard InChI is InChI=1S/C22H21Cl2N5O4S/c23-14-5-9-16(10-6-14)32-12-20(30)26-27-21(31)13-34-22-28-25-19(29(22)15-7-8-15)11-33-18-4-2-1-3-17(18)24/h1-6,9-10,15H,7-8,11-13H2,(H,26,30)(H,27,31). The highest BCUT2D eigenvalue weighted by Crippen LogP contribution is 2.39. The van der Waals surface area contributed by atoms with Gasteiger partial charge in [0.05, 0.1) is 10.8 Å². The highest BCUT2D eigenvalue weighted by Gasteiger charge is 2.30. The molecule has 1 heterocycles. The number of hydrazine groups is 1. The van der Waals surface area contributed by atoms with Gasteiger partial charge in [-0.05, 0) is 49.2 Å². The van der Waals surface area contributed by atoms with Crippen molar-refractivity contribution in [1.82, 2.24) is 25.6 Å². The monoisotopic (exact) mass is 521 g/mol. The molecule has 0 radical (unpaired) electrons. The van der Waals surface area contributed by atoms with Crippen molar-refractivity contribution in [2.24, 2.45) is 0 Å². The third kappa shape index (κ3) is 6.78. The van der Waals surface area contributed by atoms with Gasteiger partial charge in [0, 0.05) is 11.1 Å². The number of carbonyl (C=O) groups excluding carboxylic acids is 2. The Morgan fingerprint density at radius 2 is 1.74 bits per heavy atom. The van der Waals surface area contributed by atoms with E-state index < -0.39 is 5.91 Å². The maximum atomic E-state index is 12.2. The number of aromatic nitrogens is 3. The Bertz CT molecular complexity index is 1150. The van der Waals surface area contributed by atoms with Crippen molar-refractivity contribution in [3.63, 3.8) is 0 Å². The second-order valence-electron chi connectivity index (χ2n) is 7.35. The lowest BCUT2D eigenvalue weighted by atomic mass is 10.3. The summed E-state index contributed by atoms with van der Waals surface area (Å²) in [6, 6.07) is 14.1. The molecule has 0 unspecified atom stereocenters. The van der Waals surface area contributed by atoms with Crippen LogP contribution >= 0.6 is 35.0 Å². The first-order valence-corrected chi connectivity index (χ1v) is 12.1. The minimum Gasteiger partial charge on any atom is -0.484 e. The molecule has 2 N–H and O–H groups in total. The van der Waals surface area contributed by atoms with Crippen molar-refractivity contribution in [3.8, 4) is 11.5 Å². The first kappa shape index (κ1) is 24.2. The lowest BCUT2D eigenvalue weighted by Gasteiger charge is -2.11. The number of benzene rings is 2. The number of amides is 2. The molecule has 34 heavy (non-hydrogen) atoms. The minimum atomic E-state index is -0.492. The quantitative estimate of drug-likeness (QED) is 0.308. The molecule has 0 atom stereocenters. The Kier molecular flexibility index (Phi) is 8.15. The van der Waals surface area contributed by atoms with Crippen LogP contribution in [-0.2, 0) is 16.2 Å². The predicted octanol–water partition coefficient (Wildman–Crippen LogP) is 3.82. The van der Waals surface area contributed by atoms with Crippen LogP contribution in [0.1, 0.15) is 24.7 Å². The van der Waals surface area contributed by atoms with E-state index in [1.807, 2.05) is 16.7 Å². The summed E-state index contributed by atoms with van der Waals surface area (Å²) >= 11 is 13.2. The summed E-state index contributed by atoms with van der Waals surface area (Å²) in [5.74, 6) is 0.902. The SMILES string of the molecule is O=C(COc1ccc(Cl)cc1)NNC(=O)CSc1nnc(COc2ccccc2Cl)n1C1CC1. The third-order valence-corrected chi connectivity index (χ3v) is 6.21. The number of halogens is 2. The highest BCUT2D eigenvalue weighted by atomic mass is 35.5. The Morgan fingerprint density at radius 3 is 2.47 bits per heavy atom. The van der Waals surface area contributed by atoms with Crippen LogP contribution in [0, 0.1) is 0 Å². The molecular formula is C22H21Cl2N5O4S. The van der Waals surface area contributed by atoms with Gasteiger partial charge in [-0.3, -0.25) is 25.0 Å². The number of ether oxygens (including phenoxy) is 2. The van der Waals surface area contributed by atoms with Crippen LogP contribution in [0.5, 0.6) is 11.5 Å². The van der Waals surface area contributed by atoms with E-state index in [0.29, 0.717) is 32.5 Å². The fourth-order valence-corrected chi connectivity index (χ4v) is 4.07. The number of rotatable bonds is 10. The molecular weight excluding hydrogens is 501 g/mol. The Balaban J connectivity index is 1.23. The van der Waals surface area contributed by atoms with Gasteiger partial charge in [0.15, 0.2) is 17.6 Å². The molecule has 0 aliphatic heterocycles. The first-order chi connectivity index (χ1) is 16.5. The molecule has 1 saturated carbocycles. The van der Waals surface area contributed by atoms with Crippen LogP contribution in [-0.4, -0.2) is 38.9 Å². The molecule has 1 aliphatic rings. The van der Waals surface area contributed by atoms with E-state index in [1.54, 1.807) is 36.4 Å². The van der Waals surface area contributed by atoms with Gasteiger partial charge in [0.1, 0.15) is 18.1 Å². The number of nitrogens with one attached hydrogen (secondary N) is 2. The maximum absolute atomic E-state index is 12.2. The van der Waals surface area contributed by atoms with Crippen LogP contribution in [0.15, 0.2) is 53.7 Å². The van der Waals surface area contributed by atoms with E-state index in [1.165, 1.54) is 11.8 Å². The van der Waals surface area contributed by atoms with Crippen molar-refractivity contribution in [2.45, 2.75) is 30.6 Å². The Labute approximate surface area is 210 Å². The Hall–Kier alpha value is -2.95. The average Bonchev–Trinajstić information content (AvgIpc) is 3.60. The van der Waals surface area contributed by atoms with E-state index in [2.05, 4.69) is 21.0 Å². The zero-order chi connectivity index (χ0) is 23.9. The third-order valence-electron chi connectivity index (χ3n) is 4.70. The molecule has 0 spiro atoms. The maximum Gasteiger partial charge on any atom is 0.276 e. The van der Waals surface area contributed by atoms with Gasteiger partial charge in [0.25, 0.3) is 5.91 Å². The molecule has 2 amide bonds. The van der Waals surface area contributed by atoms with Crippen LogP contribution in [0.2, 0.25) is 10.0 Å². The predicted molar refractivity (Wildman–Crippen MR) is 128 cm³/mol. The molecule has 1 fully saturated rings. The molecule has 178 valence electrons. The van der Waals surface area contributed by atoms with Gasteiger partial charge in [-0.1, -0.05) is 47.1 Å². The van der Waals surface area contributed by atoms with E-state index in [4.69, 9.17) is 32.7 Å². The van der Waals surface area contributed by atoms with Crippen LogP contribution in [0.25, 0.3) is 0 Å². The van der Waals surface area contributed by atoms with Crippen molar-refractivity contribution in [1.29, 1.82) is 0 Å². The lowest BCUT2D eigenvalue weighted by molar-refractivity contribution is -0.128. The van der Waals surface area contributed by atoms with Gasteiger partial charge < -0.3 is 9.47 Å². The second-order valence-corrected chi connectivity index (χ2v) is 9.13. The molecule has 0 saturated heterocycles. The highest BCUT2D eigenvalue weighted by molar-refractivity contribution is 7.99. The average molecular weight is 522 g/mol.